The van der Waals surface area contributed by atoms with Gasteiger partial charge in [0.05, 0.1) is 35.1 Å². The Balaban J connectivity index is 0.858. The Kier molecular flexibility index (Phi) is 11.2. The van der Waals surface area contributed by atoms with E-state index in [1.165, 1.54) is 35.7 Å². The van der Waals surface area contributed by atoms with Gasteiger partial charge in [0.25, 0.3) is 11.8 Å². The number of rotatable bonds is 11. The molecule has 5 aromatic rings. The van der Waals surface area contributed by atoms with Crippen molar-refractivity contribution in [2.45, 2.75) is 25.4 Å². The Bertz CT molecular complexity index is 2360. The van der Waals surface area contributed by atoms with Crippen LogP contribution in [-0.2, 0) is 22.2 Å². The highest BCUT2D eigenvalue weighted by atomic mass is 35.5. The van der Waals surface area contributed by atoms with Crippen molar-refractivity contribution in [3.63, 3.8) is 0 Å². The summed E-state index contributed by atoms with van der Waals surface area (Å²) in [5, 5.41) is 22.7. The van der Waals surface area contributed by atoms with Crippen molar-refractivity contribution in [3.05, 3.63) is 88.1 Å². The number of benzene rings is 2. The first-order valence-electron chi connectivity index (χ1n) is 19.4. The highest BCUT2D eigenvalue weighted by Crippen LogP contribution is 2.40. The number of carboxylic acids is 1. The fourth-order valence-electron chi connectivity index (χ4n) is 8.42. The zero-order chi connectivity index (χ0) is 41.5. The van der Waals surface area contributed by atoms with Crippen LogP contribution in [0.5, 0.6) is 0 Å². The summed E-state index contributed by atoms with van der Waals surface area (Å²) in [6.07, 6.45) is -2.36. The van der Waals surface area contributed by atoms with Crippen LogP contribution in [0.3, 0.4) is 0 Å². The van der Waals surface area contributed by atoms with Gasteiger partial charge in [0.1, 0.15) is 11.4 Å². The number of halogens is 4. The van der Waals surface area contributed by atoms with E-state index in [2.05, 4.69) is 30.8 Å². The Labute approximate surface area is 345 Å². The summed E-state index contributed by atoms with van der Waals surface area (Å²) in [5.74, 6) is -1.61. The number of hydrogen-bond donors (Lipinski definition) is 5. The molecule has 8 rings (SSSR count). The molecule has 0 spiro atoms. The summed E-state index contributed by atoms with van der Waals surface area (Å²) >= 11 is 7.88. The van der Waals surface area contributed by atoms with E-state index >= 15 is 0 Å². The van der Waals surface area contributed by atoms with Gasteiger partial charge in [-0.15, -0.1) is 11.3 Å². The summed E-state index contributed by atoms with van der Waals surface area (Å²) in [4.78, 5) is 62.8. The van der Waals surface area contributed by atoms with Crippen LogP contribution in [-0.4, -0.2) is 129 Å². The molecule has 5 N–H and O–H groups in total. The number of piperidine rings is 1. The van der Waals surface area contributed by atoms with E-state index in [4.69, 9.17) is 11.6 Å². The number of aliphatic carboxylic acids is 1. The van der Waals surface area contributed by atoms with Crippen LogP contribution in [0.1, 0.15) is 50.8 Å². The molecule has 0 radical (unpaired) electrons. The Hall–Kier alpha value is -5.30. The van der Waals surface area contributed by atoms with Gasteiger partial charge in [-0.05, 0) is 35.7 Å². The molecule has 3 fully saturated rings. The zero-order valence-corrected chi connectivity index (χ0v) is 33.4. The number of nitrogens with zero attached hydrogens (tertiary/aromatic N) is 5. The molecule has 3 saturated heterocycles. The fourth-order valence-corrected chi connectivity index (χ4v) is 9.77. The first-order valence-corrected chi connectivity index (χ1v) is 20.6. The van der Waals surface area contributed by atoms with Gasteiger partial charge in [-0.25, -0.2) is 9.78 Å². The third-order valence-corrected chi connectivity index (χ3v) is 13.0. The smallest absolute Gasteiger partial charge is 0.433 e. The number of fused-ring (bicyclic) bond motifs is 1. The van der Waals surface area contributed by atoms with Crippen LogP contribution in [0.2, 0.25) is 5.02 Å². The second kappa shape index (κ2) is 16.4. The van der Waals surface area contributed by atoms with Crippen molar-refractivity contribution in [2.75, 3.05) is 70.8 Å². The molecule has 3 aromatic heterocycles. The first kappa shape index (κ1) is 40.5. The van der Waals surface area contributed by atoms with Crippen molar-refractivity contribution >= 4 is 62.4 Å². The molecule has 3 aliphatic heterocycles. The average molecular weight is 853 g/mol. The third-order valence-electron chi connectivity index (χ3n) is 11.6. The van der Waals surface area contributed by atoms with Gasteiger partial charge in [-0.3, -0.25) is 19.5 Å². The zero-order valence-electron chi connectivity index (χ0n) is 31.8. The lowest BCUT2D eigenvalue weighted by atomic mass is 9.90. The monoisotopic (exact) mass is 852 g/mol. The maximum Gasteiger partial charge on any atom is 0.433 e. The summed E-state index contributed by atoms with van der Waals surface area (Å²) in [6.45, 7) is 5.35. The molecule has 0 aliphatic carbocycles. The van der Waals surface area contributed by atoms with Crippen molar-refractivity contribution in [1.82, 2.24) is 35.3 Å². The average Bonchev–Trinajstić information content (AvgIpc) is 3.95. The molecule has 3 amide bonds. The van der Waals surface area contributed by atoms with E-state index < -0.39 is 23.7 Å². The Morgan fingerprint density at radius 1 is 1.00 bits per heavy atom. The van der Waals surface area contributed by atoms with Crippen LogP contribution in [0, 0.1) is 11.8 Å². The lowest BCUT2D eigenvalue weighted by Crippen LogP contribution is -2.62. The number of likely N-dealkylation sites (tertiary alicyclic amines) is 1. The minimum atomic E-state index is -4.69. The number of nitrogens with one attached hydrogen (secondary N) is 4. The molecule has 19 heteroatoms. The number of amides is 3. The number of imidazole rings is 1. The fraction of sp³-hybridized carbons (Fsp3) is 0.400. The molecule has 310 valence electrons. The minimum Gasteiger partial charge on any atom is -0.477 e. The molecule has 0 atom stereocenters. The van der Waals surface area contributed by atoms with E-state index in [0.717, 1.165) is 29.7 Å². The second-order valence-corrected chi connectivity index (χ2v) is 17.1. The SMILES string of the molecule is O=C(O)C[N+]1(CC2CNC2)CCC(C(=O)N2CCN(C(=O)c3ccc(NC(=O)c4ncc(Cc5c(-c6cc7ccccc7s6)n[nH]c5C(F)(F)F)[nH]4)cc3Cl)CC2)CC1. The molecular formula is C40H42ClF3N9O5S+. The number of thiophene rings is 1. The highest BCUT2D eigenvalue weighted by molar-refractivity contribution is 7.22. The molecule has 14 nitrogen and oxygen atoms in total. The van der Waals surface area contributed by atoms with Gasteiger partial charge >= 0.3 is 12.1 Å². The van der Waals surface area contributed by atoms with E-state index in [-0.39, 0.29) is 69.7 Å². The minimum absolute atomic E-state index is 0.0433. The number of alkyl halides is 3. The van der Waals surface area contributed by atoms with Crippen LogP contribution in [0.25, 0.3) is 20.7 Å². The van der Waals surface area contributed by atoms with E-state index in [9.17, 15) is 37.5 Å². The van der Waals surface area contributed by atoms with Crippen molar-refractivity contribution in [1.29, 1.82) is 0 Å². The topological polar surface area (TPSA) is 176 Å². The second-order valence-electron chi connectivity index (χ2n) is 15.6. The Morgan fingerprint density at radius 3 is 2.39 bits per heavy atom. The van der Waals surface area contributed by atoms with Crippen LogP contribution >= 0.6 is 22.9 Å². The quantitative estimate of drug-likeness (QED) is 0.111. The van der Waals surface area contributed by atoms with Crippen molar-refractivity contribution in [3.8, 4) is 10.6 Å². The van der Waals surface area contributed by atoms with Gasteiger partial charge in [0, 0.05) is 98.2 Å². The number of carbonyl (C=O) groups excluding carboxylic acids is 3. The largest absolute Gasteiger partial charge is 0.477 e. The molecule has 0 unspecified atom stereocenters. The number of carboxylic acid groups (broad SMARTS) is 1. The summed E-state index contributed by atoms with van der Waals surface area (Å²) in [7, 11) is 0. The normalized spacial score (nSPS) is 20.1. The number of anilines is 1. The van der Waals surface area contributed by atoms with Crippen LogP contribution < -0.4 is 10.6 Å². The molecule has 6 heterocycles. The summed E-state index contributed by atoms with van der Waals surface area (Å²) < 4.78 is 43.6. The van der Waals surface area contributed by atoms with Crippen molar-refractivity contribution < 1.29 is 41.9 Å². The number of aromatic amines is 2. The van der Waals surface area contributed by atoms with Crippen LogP contribution in [0.4, 0.5) is 18.9 Å². The van der Waals surface area contributed by atoms with Gasteiger partial charge in [-0.2, -0.15) is 18.3 Å². The lowest BCUT2D eigenvalue weighted by molar-refractivity contribution is -0.929. The highest BCUT2D eigenvalue weighted by Gasteiger charge is 2.42. The maximum absolute atomic E-state index is 14.0. The van der Waals surface area contributed by atoms with Gasteiger partial charge in [0.15, 0.2) is 12.4 Å². The standard InChI is InChI=1S/C40H41ClF3N9O5S/c41-30-17-26(48-37(56)36-46-20-27(47-36)16-29-34(49-50-35(29)40(42,43)44)32-15-25-3-1-2-4-31(25)59-32)5-6-28(30)39(58)52-11-9-51(10-12-52)38(57)24-7-13-53(14-8-24,22-33(54)55)21-23-18-45-19-23/h1-6,15,17,20,23-24,45H,7-14,16,18-19,21-22H2,(H3-,46,47,48,49,50,54,55,56,58)/p+1. The number of piperazine rings is 1. The number of hydrogen-bond acceptors (Lipinski definition) is 8. The van der Waals surface area contributed by atoms with E-state index in [1.807, 2.05) is 24.3 Å². The molecule has 0 saturated carbocycles. The Morgan fingerprint density at radius 2 is 1.73 bits per heavy atom. The molecule has 0 bridgehead atoms. The van der Waals surface area contributed by atoms with Gasteiger partial charge in [0.2, 0.25) is 5.91 Å². The van der Waals surface area contributed by atoms with Gasteiger partial charge in [-0.1, -0.05) is 29.8 Å². The van der Waals surface area contributed by atoms with E-state index in [1.54, 1.807) is 15.9 Å². The number of H-pyrrole nitrogens is 2. The van der Waals surface area contributed by atoms with Crippen LogP contribution in [0.15, 0.2) is 54.7 Å². The lowest BCUT2D eigenvalue weighted by Gasteiger charge is -2.46. The molecule has 3 aliphatic rings. The maximum atomic E-state index is 14.0. The summed E-state index contributed by atoms with van der Waals surface area (Å²) in [6, 6.07) is 13.7. The predicted molar refractivity (Wildman–Crippen MR) is 214 cm³/mol. The number of carbonyl (C=O) groups is 4. The first-order chi connectivity index (χ1) is 28.2. The predicted octanol–water partition coefficient (Wildman–Crippen LogP) is 5.35. The molecule has 2 aromatic carbocycles. The third kappa shape index (κ3) is 8.71. The van der Waals surface area contributed by atoms with Gasteiger partial charge < -0.3 is 35.0 Å². The van der Waals surface area contributed by atoms with Crippen molar-refractivity contribution in [2.24, 2.45) is 11.8 Å². The number of quaternary nitrogens is 1. The number of aromatic nitrogens is 4. The summed E-state index contributed by atoms with van der Waals surface area (Å²) in [5.41, 5.74) is -0.143. The molecule has 59 heavy (non-hydrogen) atoms. The molecular weight excluding hydrogens is 811 g/mol. The van der Waals surface area contributed by atoms with E-state index in [0.29, 0.717) is 67.4 Å².